The average molecular weight is 157 g/mol. The van der Waals surface area contributed by atoms with E-state index < -0.39 is 0 Å². The molecule has 1 aliphatic rings. The van der Waals surface area contributed by atoms with Gasteiger partial charge < -0.3 is 10.1 Å². The summed E-state index contributed by atoms with van der Waals surface area (Å²) in [6.45, 7) is 3.05. The number of hydrogen-bond donors (Lipinski definition) is 1. The van der Waals surface area contributed by atoms with Gasteiger partial charge in [0.05, 0.1) is 13.0 Å². The van der Waals surface area contributed by atoms with Crippen LogP contribution in [-0.2, 0) is 9.53 Å². The largest absolute Gasteiger partial charge is 0.469 e. The summed E-state index contributed by atoms with van der Waals surface area (Å²) < 4.78 is 4.68. The number of rotatable bonds is 1. The van der Waals surface area contributed by atoms with Crippen LogP contribution in [0.1, 0.15) is 19.8 Å². The summed E-state index contributed by atoms with van der Waals surface area (Å²) in [7, 11) is 1.45. The summed E-state index contributed by atoms with van der Waals surface area (Å²) in [6, 6.07) is 0.274. The van der Waals surface area contributed by atoms with Gasteiger partial charge in [-0.05, 0) is 26.3 Å². The fourth-order valence-corrected chi connectivity index (χ4v) is 1.52. The smallest absolute Gasteiger partial charge is 0.310 e. The number of carbonyl (C=O) groups is 1. The minimum Gasteiger partial charge on any atom is -0.469 e. The number of ether oxygens (including phenoxy) is 1. The van der Waals surface area contributed by atoms with E-state index in [0.717, 1.165) is 19.4 Å². The molecule has 1 N–H and O–H groups in total. The van der Waals surface area contributed by atoms with Crippen LogP contribution in [-0.4, -0.2) is 25.7 Å². The minimum atomic E-state index is -0.0790. The zero-order valence-electron chi connectivity index (χ0n) is 7.09. The van der Waals surface area contributed by atoms with Gasteiger partial charge in [-0.1, -0.05) is 0 Å². The van der Waals surface area contributed by atoms with Gasteiger partial charge in [0.2, 0.25) is 0 Å². The molecule has 0 bridgehead atoms. The summed E-state index contributed by atoms with van der Waals surface area (Å²) >= 11 is 0. The Hall–Kier alpha value is -0.570. The van der Waals surface area contributed by atoms with Crippen LogP contribution in [0.3, 0.4) is 0 Å². The van der Waals surface area contributed by atoms with E-state index >= 15 is 0 Å². The Bertz CT molecular complexity index is 147. The van der Waals surface area contributed by atoms with E-state index in [9.17, 15) is 4.79 Å². The van der Waals surface area contributed by atoms with Gasteiger partial charge in [-0.25, -0.2) is 0 Å². The van der Waals surface area contributed by atoms with Crippen molar-refractivity contribution in [1.82, 2.24) is 5.32 Å². The van der Waals surface area contributed by atoms with Crippen LogP contribution in [0.4, 0.5) is 0 Å². The summed E-state index contributed by atoms with van der Waals surface area (Å²) in [6.07, 6.45) is 2.03. The third-order valence-corrected chi connectivity index (χ3v) is 2.27. The number of hydrogen-bond acceptors (Lipinski definition) is 3. The van der Waals surface area contributed by atoms with E-state index in [1.165, 1.54) is 7.11 Å². The van der Waals surface area contributed by atoms with Crippen LogP contribution in [0.5, 0.6) is 0 Å². The molecule has 2 atom stereocenters. The summed E-state index contributed by atoms with van der Waals surface area (Å²) in [5.74, 6) is -0.0153. The van der Waals surface area contributed by atoms with E-state index in [-0.39, 0.29) is 17.9 Å². The monoisotopic (exact) mass is 157 g/mol. The zero-order chi connectivity index (χ0) is 8.27. The Labute approximate surface area is 67.1 Å². The van der Waals surface area contributed by atoms with Crippen LogP contribution in [0, 0.1) is 5.92 Å². The lowest BCUT2D eigenvalue weighted by Crippen LogP contribution is -2.43. The van der Waals surface area contributed by atoms with Gasteiger partial charge in [0.15, 0.2) is 0 Å². The van der Waals surface area contributed by atoms with Gasteiger partial charge in [0.25, 0.3) is 0 Å². The third-order valence-electron chi connectivity index (χ3n) is 2.27. The Morgan fingerprint density at radius 3 is 2.91 bits per heavy atom. The predicted molar refractivity (Wildman–Crippen MR) is 42.2 cm³/mol. The van der Waals surface area contributed by atoms with Crippen molar-refractivity contribution in [3.05, 3.63) is 0 Å². The molecule has 0 saturated carbocycles. The molecule has 0 aromatic rings. The van der Waals surface area contributed by atoms with Crippen molar-refractivity contribution in [2.24, 2.45) is 5.92 Å². The molecule has 0 spiro atoms. The number of piperidine rings is 1. The Morgan fingerprint density at radius 2 is 2.36 bits per heavy atom. The first kappa shape index (κ1) is 8.53. The molecule has 64 valence electrons. The van der Waals surface area contributed by atoms with Gasteiger partial charge in [-0.15, -0.1) is 0 Å². The molecule has 3 heteroatoms. The minimum absolute atomic E-state index is 0.0637. The second kappa shape index (κ2) is 3.72. The van der Waals surface area contributed by atoms with E-state index in [1.807, 2.05) is 6.92 Å². The van der Waals surface area contributed by atoms with Crippen molar-refractivity contribution in [3.8, 4) is 0 Å². The fourth-order valence-electron chi connectivity index (χ4n) is 1.52. The van der Waals surface area contributed by atoms with Gasteiger partial charge in [0, 0.05) is 6.04 Å². The molecule has 0 amide bonds. The number of nitrogens with one attached hydrogen (secondary N) is 1. The van der Waals surface area contributed by atoms with Crippen LogP contribution in [0.15, 0.2) is 0 Å². The summed E-state index contributed by atoms with van der Waals surface area (Å²) in [5.41, 5.74) is 0. The second-order valence-corrected chi connectivity index (χ2v) is 3.01. The van der Waals surface area contributed by atoms with Crippen molar-refractivity contribution >= 4 is 5.97 Å². The highest BCUT2D eigenvalue weighted by molar-refractivity contribution is 5.73. The molecule has 0 radical (unpaired) electrons. The maximum Gasteiger partial charge on any atom is 0.310 e. The molecule has 1 fully saturated rings. The fraction of sp³-hybridized carbons (Fsp3) is 0.875. The quantitative estimate of drug-likeness (QED) is 0.565. The lowest BCUT2D eigenvalue weighted by Gasteiger charge is -2.27. The van der Waals surface area contributed by atoms with Crippen molar-refractivity contribution in [2.75, 3.05) is 13.7 Å². The van der Waals surface area contributed by atoms with E-state index in [0.29, 0.717) is 0 Å². The molecule has 1 rings (SSSR count). The maximum atomic E-state index is 11.1. The first-order chi connectivity index (χ1) is 5.25. The normalized spacial score (nSPS) is 31.5. The van der Waals surface area contributed by atoms with Crippen molar-refractivity contribution in [3.63, 3.8) is 0 Å². The van der Waals surface area contributed by atoms with Crippen molar-refractivity contribution in [1.29, 1.82) is 0 Å². The molecule has 0 aromatic carbocycles. The van der Waals surface area contributed by atoms with Gasteiger partial charge in [-0.3, -0.25) is 4.79 Å². The lowest BCUT2D eigenvalue weighted by atomic mass is 9.92. The van der Waals surface area contributed by atoms with E-state index in [1.54, 1.807) is 0 Å². The first-order valence-electron chi connectivity index (χ1n) is 4.07. The Morgan fingerprint density at radius 1 is 1.64 bits per heavy atom. The highest BCUT2D eigenvalue weighted by atomic mass is 16.5. The molecule has 1 saturated heterocycles. The molecule has 1 aliphatic heterocycles. The summed E-state index contributed by atoms with van der Waals surface area (Å²) in [4.78, 5) is 11.1. The van der Waals surface area contributed by atoms with E-state index in [4.69, 9.17) is 0 Å². The summed E-state index contributed by atoms with van der Waals surface area (Å²) in [5, 5.41) is 3.25. The highest BCUT2D eigenvalue weighted by Gasteiger charge is 2.27. The van der Waals surface area contributed by atoms with Crippen LogP contribution >= 0.6 is 0 Å². The molecule has 0 aromatic heterocycles. The Kier molecular flexibility index (Phi) is 2.88. The van der Waals surface area contributed by atoms with Gasteiger partial charge >= 0.3 is 5.97 Å². The number of esters is 1. The maximum absolute atomic E-state index is 11.1. The standard InChI is InChI=1S/C8H15NO2/c1-6-7(8(10)11-2)4-3-5-9-6/h6-7,9H,3-5H2,1-2H3/t6-,7+/m1/s1. The average Bonchev–Trinajstić information content (AvgIpc) is 2.04. The molecule has 0 unspecified atom stereocenters. The van der Waals surface area contributed by atoms with Crippen molar-refractivity contribution in [2.45, 2.75) is 25.8 Å². The Balaban J connectivity index is 2.47. The first-order valence-corrected chi connectivity index (χ1v) is 4.07. The molecular formula is C8H15NO2. The number of carbonyl (C=O) groups excluding carboxylic acids is 1. The van der Waals surface area contributed by atoms with Crippen LogP contribution in [0.25, 0.3) is 0 Å². The predicted octanol–water partition coefficient (Wildman–Crippen LogP) is 0.547. The zero-order valence-corrected chi connectivity index (χ0v) is 7.09. The highest BCUT2D eigenvalue weighted by Crippen LogP contribution is 2.16. The molecular weight excluding hydrogens is 142 g/mol. The van der Waals surface area contributed by atoms with Crippen molar-refractivity contribution < 1.29 is 9.53 Å². The van der Waals surface area contributed by atoms with Crippen LogP contribution < -0.4 is 5.32 Å². The third kappa shape index (κ3) is 1.93. The molecule has 1 heterocycles. The van der Waals surface area contributed by atoms with Crippen LogP contribution in [0.2, 0.25) is 0 Å². The van der Waals surface area contributed by atoms with E-state index in [2.05, 4.69) is 10.1 Å². The molecule has 11 heavy (non-hydrogen) atoms. The topological polar surface area (TPSA) is 38.3 Å². The van der Waals surface area contributed by atoms with Gasteiger partial charge in [0.1, 0.15) is 0 Å². The molecule has 0 aliphatic carbocycles. The SMILES string of the molecule is COC(=O)[C@H]1CCCN[C@@H]1C. The van der Waals surface area contributed by atoms with Gasteiger partial charge in [-0.2, -0.15) is 0 Å². The molecule has 3 nitrogen and oxygen atoms in total. The number of methoxy groups -OCH3 is 1. The lowest BCUT2D eigenvalue weighted by molar-refractivity contribution is -0.147. The second-order valence-electron chi connectivity index (χ2n) is 3.01.